The minimum atomic E-state index is -4.01. The van der Waals surface area contributed by atoms with Gasteiger partial charge in [-0.2, -0.15) is 0 Å². The van der Waals surface area contributed by atoms with Crippen molar-refractivity contribution in [3.05, 3.63) is 28.7 Å². The molecule has 0 aromatic carbocycles. The minimum Gasteiger partial charge on any atom is -0.366 e. The molecule has 10 heteroatoms. The zero-order valence-corrected chi connectivity index (χ0v) is 11.8. The van der Waals surface area contributed by atoms with Crippen LogP contribution < -0.4 is 14.9 Å². The summed E-state index contributed by atoms with van der Waals surface area (Å²) in [4.78, 5) is 13.4. The molecule has 0 atom stereocenters. The van der Waals surface area contributed by atoms with Crippen LogP contribution in [0.3, 0.4) is 0 Å². The fourth-order valence-electron chi connectivity index (χ4n) is 1.29. The van der Waals surface area contributed by atoms with E-state index in [0.717, 1.165) is 12.3 Å². The zero-order valence-electron chi connectivity index (χ0n) is 10.2. The highest BCUT2D eigenvalue weighted by Crippen LogP contribution is 1.99. The van der Waals surface area contributed by atoms with Crippen molar-refractivity contribution in [3.63, 3.8) is 0 Å². The van der Waals surface area contributed by atoms with Crippen molar-refractivity contribution in [3.8, 4) is 0 Å². The average Bonchev–Trinajstić information content (AvgIpc) is 2.28. The van der Waals surface area contributed by atoms with Crippen molar-refractivity contribution >= 4 is 20.0 Å². The maximum absolute atomic E-state index is 11.8. The quantitative estimate of drug-likeness (QED) is 0.571. The van der Waals surface area contributed by atoms with Crippen LogP contribution in [0.1, 0.15) is 6.92 Å². The zero-order chi connectivity index (χ0) is 14.5. The summed E-state index contributed by atoms with van der Waals surface area (Å²) in [6.07, 6.45) is 2.35. The summed E-state index contributed by atoms with van der Waals surface area (Å²) < 4.78 is 50.4. The summed E-state index contributed by atoms with van der Waals surface area (Å²) >= 11 is 0. The van der Waals surface area contributed by atoms with E-state index in [4.69, 9.17) is 0 Å². The molecule has 0 aliphatic heterocycles. The van der Waals surface area contributed by atoms with Gasteiger partial charge in [-0.05, 0) is 0 Å². The normalized spacial score (nSPS) is 12.5. The van der Waals surface area contributed by atoms with E-state index < -0.39 is 36.1 Å². The van der Waals surface area contributed by atoms with Gasteiger partial charge in [-0.15, -0.1) is 0 Å². The highest BCUT2D eigenvalue weighted by Gasteiger charge is 2.18. The highest BCUT2D eigenvalue weighted by atomic mass is 32.2. The summed E-state index contributed by atoms with van der Waals surface area (Å²) in [5, 5.41) is 0. The molecule has 0 unspecified atom stereocenters. The number of hydrogen-bond donors (Lipinski definition) is 3. The summed E-state index contributed by atoms with van der Waals surface area (Å²) in [5.74, 6) is -0.398. The number of aromatic nitrogens is 1. The Bertz CT molecular complexity index is 678. The third-order valence-corrected chi connectivity index (χ3v) is 5.06. The Kier molecular flexibility index (Phi) is 5.23. The van der Waals surface area contributed by atoms with Gasteiger partial charge in [0.2, 0.25) is 25.5 Å². The Balaban J connectivity index is 2.73. The van der Waals surface area contributed by atoms with Crippen molar-refractivity contribution in [2.75, 3.05) is 18.8 Å². The van der Waals surface area contributed by atoms with E-state index in [-0.39, 0.29) is 13.1 Å². The number of sulfonamides is 2. The Labute approximate surface area is 111 Å². The second kappa shape index (κ2) is 6.28. The molecule has 19 heavy (non-hydrogen) atoms. The van der Waals surface area contributed by atoms with Crippen LogP contribution in [0.25, 0.3) is 0 Å². The molecular formula is C9H15N3O5S2. The van der Waals surface area contributed by atoms with Crippen molar-refractivity contribution < 1.29 is 16.8 Å². The SMILES string of the molecule is CCNS(=O)(=O)CCNS(=O)(=O)c1c[nH]ccc1=O. The Morgan fingerprint density at radius 1 is 1.21 bits per heavy atom. The van der Waals surface area contributed by atoms with Crippen molar-refractivity contribution in [2.45, 2.75) is 11.8 Å². The molecule has 0 saturated carbocycles. The molecule has 0 aliphatic rings. The largest absolute Gasteiger partial charge is 0.366 e. The molecule has 0 radical (unpaired) electrons. The molecule has 0 saturated heterocycles. The van der Waals surface area contributed by atoms with Gasteiger partial charge in [-0.3, -0.25) is 4.79 Å². The first-order chi connectivity index (χ1) is 8.78. The molecule has 1 aromatic heterocycles. The minimum absolute atomic E-state index is 0.230. The molecule has 108 valence electrons. The van der Waals surface area contributed by atoms with E-state index in [1.54, 1.807) is 6.92 Å². The molecule has 8 nitrogen and oxygen atoms in total. The molecule has 0 aliphatic carbocycles. The molecule has 0 amide bonds. The van der Waals surface area contributed by atoms with Crippen LogP contribution in [0.4, 0.5) is 0 Å². The van der Waals surface area contributed by atoms with E-state index in [1.807, 2.05) is 0 Å². The first-order valence-corrected chi connectivity index (χ1v) is 8.56. The molecule has 1 rings (SSSR count). The molecule has 1 heterocycles. The van der Waals surface area contributed by atoms with Gasteiger partial charge < -0.3 is 4.98 Å². The number of rotatable bonds is 7. The summed E-state index contributed by atoms with van der Waals surface area (Å²) in [6, 6.07) is 1.07. The lowest BCUT2D eigenvalue weighted by Crippen LogP contribution is -2.35. The predicted molar refractivity (Wildman–Crippen MR) is 69.7 cm³/mol. The van der Waals surface area contributed by atoms with Gasteiger partial charge in [0.25, 0.3) is 0 Å². The molecule has 3 N–H and O–H groups in total. The standard InChI is InChI=1S/C9H15N3O5S2/c1-2-11-18(14,15)6-5-12-19(16,17)9-7-10-4-3-8(9)13/h3-4,7,11-12H,2,5-6H2,1H3,(H,10,13). The van der Waals surface area contributed by atoms with Crippen molar-refractivity contribution in [1.29, 1.82) is 0 Å². The number of aromatic amines is 1. The number of hydrogen-bond acceptors (Lipinski definition) is 5. The van der Waals surface area contributed by atoms with Crippen molar-refractivity contribution in [2.24, 2.45) is 0 Å². The van der Waals surface area contributed by atoms with E-state index in [2.05, 4.69) is 14.4 Å². The van der Waals surface area contributed by atoms with E-state index in [9.17, 15) is 21.6 Å². The van der Waals surface area contributed by atoms with Crippen LogP contribution in [0.5, 0.6) is 0 Å². The summed E-state index contributed by atoms with van der Waals surface area (Å²) in [5.41, 5.74) is -0.666. The van der Waals surface area contributed by atoms with Crippen LogP contribution in [0.15, 0.2) is 28.2 Å². The first kappa shape index (κ1) is 15.8. The third kappa shape index (κ3) is 4.74. The van der Waals surface area contributed by atoms with Crippen LogP contribution in [-0.4, -0.2) is 40.7 Å². The lowest BCUT2D eigenvalue weighted by atomic mass is 10.5. The summed E-state index contributed by atoms with van der Waals surface area (Å²) in [6.45, 7) is 1.53. The molecular weight excluding hydrogens is 294 g/mol. The second-order valence-corrected chi connectivity index (χ2v) is 7.25. The molecule has 0 fully saturated rings. The molecule has 0 bridgehead atoms. The smallest absolute Gasteiger partial charge is 0.245 e. The summed E-state index contributed by atoms with van der Waals surface area (Å²) in [7, 11) is -7.52. The highest BCUT2D eigenvalue weighted by molar-refractivity contribution is 7.90. The molecule has 1 aromatic rings. The van der Waals surface area contributed by atoms with Crippen molar-refractivity contribution in [1.82, 2.24) is 14.4 Å². The van der Waals surface area contributed by atoms with Gasteiger partial charge in [0.1, 0.15) is 4.90 Å². The number of nitrogens with one attached hydrogen (secondary N) is 3. The maximum atomic E-state index is 11.8. The fourth-order valence-corrected chi connectivity index (χ4v) is 3.46. The Hall–Kier alpha value is -1.23. The van der Waals surface area contributed by atoms with E-state index in [1.165, 1.54) is 6.20 Å². The van der Waals surface area contributed by atoms with Gasteiger partial charge in [0.15, 0.2) is 0 Å². The van der Waals surface area contributed by atoms with Gasteiger partial charge in [0, 0.05) is 31.5 Å². The van der Waals surface area contributed by atoms with E-state index in [0.29, 0.717) is 0 Å². The first-order valence-electron chi connectivity index (χ1n) is 5.42. The van der Waals surface area contributed by atoms with Crippen LogP contribution >= 0.6 is 0 Å². The maximum Gasteiger partial charge on any atom is 0.245 e. The predicted octanol–water partition coefficient (Wildman–Crippen LogP) is -1.41. The monoisotopic (exact) mass is 309 g/mol. The van der Waals surface area contributed by atoms with Crippen LogP contribution in [0.2, 0.25) is 0 Å². The van der Waals surface area contributed by atoms with Gasteiger partial charge in [-0.25, -0.2) is 26.3 Å². The van der Waals surface area contributed by atoms with Gasteiger partial charge >= 0.3 is 0 Å². The Morgan fingerprint density at radius 2 is 1.89 bits per heavy atom. The average molecular weight is 309 g/mol. The number of H-pyrrole nitrogens is 1. The van der Waals surface area contributed by atoms with Gasteiger partial charge in [0.05, 0.1) is 5.75 Å². The van der Waals surface area contributed by atoms with Gasteiger partial charge in [-0.1, -0.05) is 6.92 Å². The third-order valence-electron chi connectivity index (χ3n) is 2.10. The lowest BCUT2D eigenvalue weighted by molar-refractivity contribution is 0.576. The Morgan fingerprint density at radius 3 is 2.47 bits per heavy atom. The lowest BCUT2D eigenvalue weighted by Gasteiger charge is -2.07. The second-order valence-electron chi connectivity index (χ2n) is 3.59. The van der Waals surface area contributed by atoms with Crippen LogP contribution in [0, 0.1) is 0 Å². The fraction of sp³-hybridized carbons (Fsp3) is 0.444. The van der Waals surface area contributed by atoms with E-state index >= 15 is 0 Å². The topological polar surface area (TPSA) is 125 Å². The molecule has 0 spiro atoms. The van der Waals surface area contributed by atoms with Crippen LogP contribution in [-0.2, 0) is 20.0 Å². The number of pyridine rings is 1.